The van der Waals surface area contributed by atoms with E-state index < -0.39 is 0 Å². The van der Waals surface area contributed by atoms with Crippen LogP contribution in [0.1, 0.15) is 31.2 Å². The van der Waals surface area contributed by atoms with Crippen molar-refractivity contribution < 1.29 is 4.79 Å². The Kier molecular flexibility index (Phi) is 6.39. The number of carbonyl (C=O) groups is 1. The van der Waals surface area contributed by atoms with Crippen LogP contribution in [0.15, 0.2) is 18.2 Å². The van der Waals surface area contributed by atoms with Gasteiger partial charge in [0.15, 0.2) is 0 Å². The van der Waals surface area contributed by atoms with Crippen molar-refractivity contribution in [2.24, 2.45) is 5.92 Å². The second-order valence-electron chi connectivity index (χ2n) is 6.84. The lowest BCUT2D eigenvalue weighted by Crippen LogP contribution is -2.45. The van der Waals surface area contributed by atoms with E-state index in [1.807, 2.05) is 18.2 Å². The Bertz CT molecular complexity index is 555. The molecular weight excluding hydrogens is 345 g/mol. The lowest BCUT2D eigenvalue weighted by atomic mass is 9.97. The molecule has 1 aromatic rings. The van der Waals surface area contributed by atoms with E-state index in [1.54, 1.807) is 0 Å². The highest BCUT2D eigenvalue weighted by Crippen LogP contribution is 2.27. The summed E-state index contributed by atoms with van der Waals surface area (Å²) in [6.07, 6.45) is 4.34. The van der Waals surface area contributed by atoms with Crippen LogP contribution in [0.25, 0.3) is 0 Å². The summed E-state index contributed by atoms with van der Waals surface area (Å²) in [4.78, 5) is 14.5. The Morgan fingerprint density at radius 2 is 2.04 bits per heavy atom. The number of rotatable bonds is 5. The van der Waals surface area contributed by atoms with Gasteiger partial charge in [-0.3, -0.25) is 9.69 Å². The van der Waals surface area contributed by atoms with Crippen molar-refractivity contribution >= 4 is 29.1 Å². The van der Waals surface area contributed by atoms with Crippen LogP contribution in [0, 0.1) is 5.92 Å². The Labute approximate surface area is 153 Å². The van der Waals surface area contributed by atoms with E-state index in [9.17, 15) is 4.79 Å². The second-order valence-corrected chi connectivity index (χ2v) is 7.65. The molecule has 24 heavy (non-hydrogen) atoms. The van der Waals surface area contributed by atoms with Crippen LogP contribution in [0.3, 0.4) is 0 Å². The standard InChI is InChI=1S/C18H25Cl2N3O/c19-15-5-1-6-16(20)14(15)12-23-9-3-4-13(11-23)10-22-18(24)17-7-2-8-21-17/h1,5-6,13,17,21H,2-4,7-12H2,(H,22,24). The van der Waals surface area contributed by atoms with Crippen LogP contribution in [0.2, 0.25) is 10.0 Å². The topological polar surface area (TPSA) is 44.4 Å². The number of hydrogen-bond acceptors (Lipinski definition) is 3. The zero-order chi connectivity index (χ0) is 16.9. The third-order valence-corrected chi connectivity index (χ3v) is 5.70. The number of halogens is 2. The van der Waals surface area contributed by atoms with E-state index in [1.165, 1.54) is 0 Å². The average Bonchev–Trinajstić information content (AvgIpc) is 3.11. The first kappa shape index (κ1) is 18.0. The molecular formula is C18H25Cl2N3O. The summed E-state index contributed by atoms with van der Waals surface area (Å²) < 4.78 is 0. The van der Waals surface area contributed by atoms with Gasteiger partial charge in [-0.2, -0.15) is 0 Å². The van der Waals surface area contributed by atoms with Crippen molar-refractivity contribution in [2.45, 2.75) is 38.3 Å². The van der Waals surface area contributed by atoms with Gasteiger partial charge in [-0.25, -0.2) is 0 Å². The molecule has 2 N–H and O–H groups in total. The minimum Gasteiger partial charge on any atom is -0.354 e. The number of hydrogen-bond donors (Lipinski definition) is 2. The number of nitrogens with zero attached hydrogens (tertiary/aromatic N) is 1. The van der Waals surface area contributed by atoms with Gasteiger partial charge in [0, 0.05) is 35.2 Å². The van der Waals surface area contributed by atoms with Gasteiger partial charge in [-0.15, -0.1) is 0 Å². The Balaban J connectivity index is 1.50. The molecule has 2 heterocycles. The predicted molar refractivity (Wildman–Crippen MR) is 98.5 cm³/mol. The van der Waals surface area contributed by atoms with Crippen LogP contribution < -0.4 is 10.6 Å². The molecule has 4 nitrogen and oxygen atoms in total. The van der Waals surface area contributed by atoms with Crippen LogP contribution in [0.5, 0.6) is 0 Å². The molecule has 3 rings (SSSR count). The lowest BCUT2D eigenvalue weighted by molar-refractivity contribution is -0.123. The summed E-state index contributed by atoms with van der Waals surface area (Å²) in [5.41, 5.74) is 1.00. The molecule has 2 fully saturated rings. The van der Waals surface area contributed by atoms with Gasteiger partial charge in [0.25, 0.3) is 0 Å². The van der Waals surface area contributed by atoms with E-state index in [0.29, 0.717) is 5.92 Å². The maximum Gasteiger partial charge on any atom is 0.237 e. The van der Waals surface area contributed by atoms with E-state index in [2.05, 4.69) is 15.5 Å². The normalized spacial score (nSPS) is 24.9. The number of benzene rings is 1. The zero-order valence-electron chi connectivity index (χ0n) is 13.9. The molecule has 2 aliphatic rings. The van der Waals surface area contributed by atoms with Crippen LogP contribution in [-0.2, 0) is 11.3 Å². The molecule has 0 saturated carbocycles. The maximum atomic E-state index is 12.1. The third kappa shape index (κ3) is 4.63. The van der Waals surface area contributed by atoms with Crippen LogP contribution in [0.4, 0.5) is 0 Å². The highest BCUT2D eigenvalue weighted by molar-refractivity contribution is 6.35. The first-order valence-corrected chi connectivity index (χ1v) is 9.55. The van der Waals surface area contributed by atoms with Crippen LogP contribution in [-0.4, -0.2) is 43.0 Å². The Morgan fingerprint density at radius 3 is 2.75 bits per heavy atom. The highest BCUT2D eigenvalue weighted by atomic mass is 35.5. The van der Waals surface area contributed by atoms with Crippen molar-refractivity contribution in [2.75, 3.05) is 26.2 Å². The molecule has 0 spiro atoms. The minimum absolute atomic E-state index is 0.00613. The average molecular weight is 370 g/mol. The van der Waals surface area contributed by atoms with E-state index in [0.717, 1.165) is 74.0 Å². The Morgan fingerprint density at radius 1 is 1.25 bits per heavy atom. The summed E-state index contributed by atoms with van der Waals surface area (Å²) in [6, 6.07) is 5.66. The molecule has 2 saturated heterocycles. The minimum atomic E-state index is 0.00613. The summed E-state index contributed by atoms with van der Waals surface area (Å²) in [6.45, 7) is 4.50. The van der Waals surface area contributed by atoms with Gasteiger partial charge < -0.3 is 10.6 Å². The molecule has 132 valence electrons. The molecule has 6 heteroatoms. The SMILES string of the molecule is O=C(NCC1CCCN(Cc2c(Cl)cccc2Cl)C1)C1CCCN1. The fourth-order valence-corrected chi connectivity index (χ4v) is 4.16. The molecule has 0 bridgehead atoms. The summed E-state index contributed by atoms with van der Waals surface area (Å²) >= 11 is 12.6. The van der Waals surface area contributed by atoms with Gasteiger partial charge >= 0.3 is 0 Å². The number of likely N-dealkylation sites (tertiary alicyclic amines) is 1. The van der Waals surface area contributed by atoms with Crippen molar-refractivity contribution in [1.29, 1.82) is 0 Å². The smallest absolute Gasteiger partial charge is 0.237 e. The zero-order valence-corrected chi connectivity index (χ0v) is 15.4. The van der Waals surface area contributed by atoms with Gasteiger partial charge in [0.05, 0.1) is 6.04 Å². The quantitative estimate of drug-likeness (QED) is 0.837. The van der Waals surface area contributed by atoms with Crippen molar-refractivity contribution in [3.8, 4) is 0 Å². The van der Waals surface area contributed by atoms with E-state index >= 15 is 0 Å². The van der Waals surface area contributed by atoms with E-state index in [-0.39, 0.29) is 11.9 Å². The number of amides is 1. The highest BCUT2D eigenvalue weighted by Gasteiger charge is 2.25. The summed E-state index contributed by atoms with van der Waals surface area (Å²) in [5.74, 6) is 0.643. The van der Waals surface area contributed by atoms with Gasteiger partial charge in [-0.05, 0) is 56.8 Å². The molecule has 0 aliphatic carbocycles. The third-order valence-electron chi connectivity index (χ3n) is 4.99. The monoisotopic (exact) mass is 369 g/mol. The first-order chi connectivity index (χ1) is 11.6. The molecule has 0 aromatic heterocycles. The van der Waals surface area contributed by atoms with Crippen LogP contribution >= 0.6 is 23.2 Å². The van der Waals surface area contributed by atoms with Gasteiger partial charge in [-0.1, -0.05) is 29.3 Å². The second kappa shape index (κ2) is 8.52. The molecule has 2 aliphatic heterocycles. The molecule has 1 aromatic carbocycles. The van der Waals surface area contributed by atoms with Crippen molar-refractivity contribution in [3.63, 3.8) is 0 Å². The maximum absolute atomic E-state index is 12.1. The Hall–Kier alpha value is -0.810. The predicted octanol–water partition coefficient (Wildman–Crippen LogP) is 3.07. The van der Waals surface area contributed by atoms with E-state index in [4.69, 9.17) is 23.2 Å². The summed E-state index contributed by atoms with van der Waals surface area (Å²) in [5, 5.41) is 7.82. The first-order valence-electron chi connectivity index (χ1n) is 8.80. The molecule has 1 amide bonds. The number of nitrogens with one attached hydrogen (secondary N) is 2. The summed E-state index contributed by atoms with van der Waals surface area (Å²) in [7, 11) is 0. The number of carbonyl (C=O) groups excluding carboxylic acids is 1. The largest absolute Gasteiger partial charge is 0.354 e. The lowest BCUT2D eigenvalue weighted by Gasteiger charge is -2.33. The number of piperidine rings is 1. The van der Waals surface area contributed by atoms with Crippen molar-refractivity contribution in [1.82, 2.24) is 15.5 Å². The van der Waals surface area contributed by atoms with Gasteiger partial charge in [0.2, 0.25) is 5.91 Å². The molecule has 2 unspecified atom stereocenters. The fourth-order valence-electron chi connectivity index (χ4n) is 3.64. The fraction of sp³-hybridized carbons (Fsp3) is 0.611. The van der Waals surface area contributed by atoms with Crippen molar-refractivity contribution in [3.05, 3.63) is 33.8 Å². The molecule has 0 radical (unpaired) electrons. The van der Waals surface area contributed by atoms with Gasteiger partial charge in [0.1, 0.15) is 0 Å². The molecule has 2 atom stereocenters.